The van der Waals surface area contributed by atoms with Gasteiger partial charge in [-0.25, -0.2) is 0 Å². The number of benzene rings is 2. The molecule has 2 aromatic rings. The van der Waals surface area contributed by atoms with Crippen LogP contribution in [0.5, 0.6) is 0 Å². The molecule has 3 heteroatoms. The Morgan fingerprint density at radius 2 is 1.70 bits per heavy atom. The van der Waals surface area contributed by atoms with Crippen LogP contribution in [0.1, 0.15) is 29.5 Å². The van der Waals surface area contributed by atoms with E-state index in [-0.39, 0.29) is 5.41 Å². The van der Waals surface area contributed by atoms with E-state index >= 15 is 0 Å². The van der Waals surface area contributed by atoms with E-state index in [9.17, 15) is 0 Å². The molecule has 0 unspecified atom stereocenters. The smallest absolute Gasteiger partial charge is 0.0717 e. The average molecular weight is 330 g/mol. The molecule has 3 rings (SSSR count). The third-order valence-electron chi connectivity index (χ3n) is 4.74. The Balaban J connectivity index is 1.67. The van der Waals surface area contributed by atoms with Crippen LogP contribution in [0.4, 0.5) is 0 Å². The molecule has 1 heterocycles. The van der Waals surface area contributed by atoms with Gasteiger partial charge in [-0.15, -0.1) is 11.6 Å². The Morgan fingerprint density at radius 3 is 2.43 bits per heavy atom. The molecule has 2 aromatic carbocycles. The summed E-state index contributed by atoms with van der Waals surface area (Å²) in [7, 11) is 0. The molecule has 1 N–H and O–H groups in total. The standard InChI is InChI=1S/C20H24ClNO/c21-14-17-5-4-6-18(13-17)15-23-16-20(9-11-22-12-10-20)19-7-2-1-3-8-19/h1-8,13,22H,9-12,14-16H2. The van der Waals surface area contributed by atoms with Crippen LogP contribution in [-0.2, 0) is 22.6 Å². The minimum atomic E-state index is 0.136. The van der Waals surface area contributed by atoms with Crippen molar-refractivity contribution in [1.82, 2.24) is 5.32 Å². The van der Waals surface area contributed by atoms with Crippen LogP contribution in [0.2, 0.25) is 0 Å². The van der Waals surface area contributed by atoms with Gasteiger partial charge in [-0.05, 0) is 42.6 Å². The van der Waals surface area contributed by atoms with E-state index in [0.29, 0.717) is 12.5 Å². The molecule has 122 valence electrons. The monoisotopic (exact) mass is 329 g/mol. The average Bonchev–Trinajstić information content (AvgIpc) is 2.63. The Kier molecular flexibility index (Phi) is 5.71. The summed E-state index contributed by atoms with van der Waals surface area (Å²) < 4.78 is 6.15. The summed E-state index contributed by atoms with van der Waals surface area (Å²) in [4.78, 5) is 0. The number of hydrogen-bond donors (Lipinski definition) is 1. The predicted octanol–water partition coefficient (Wildman–Crippen LogP) is 4.26. The molecule has 0 spiro atoms. The summed E-state index contributed by atoms with van der Waals surface area (Å²) in [6.45, 7) is 3.52. The molecule has 23 heavy (non-hydrogen) atoms. The first kappa shape index (κ1) is 16.5. The first-order valence-corrected chi connectivity index (χ1v) is 8.84. The number of piperidine rings is 1. The second-order valence-electron chi connectivity index (χ2n) is 6.34. The molecule has 1 aliphatic heterocycles. The Hall–Kier alpha value is -1.35. The van der Waals surface area contributed by atoms with Gasteiger partial charge in [0, 0.05) is 11.3 Å². The highest BCUT2D eigenvalue weighted by Crippen LogP contribution is 2.34. The first-order valence-electron chi connectivity index (χ1n) is 8.30. The van der Waals surface area contributed by atoms with Crippen molar-refractivity contribution in [3.05, 3.63) is 71.3 Å². The van der Waals surface area contributed by atoms with E-state index in [0.717, 1.165) is 38.1 Å². The van der Waals surface area contributed by atoms with Crippen LogP contribution in [0.3, 0.4) is 0 Å². The van der Waals surface area contributed by atoms with Crippen molar-refractivity contribution in [3.8, 4) is 0 Å². The second-order valence-corrected chi connectivity index (χ2v) is 6.61. The molecule has 0 atom stereocenters. The van der Waals surface area contributed by atoms with Crippen molar-refractivity contribution in [3.63, 3.8) is 0 Å². The number of hydrogen-bond acceptors (Lipinski definition) is 2. The lowest BCUT2D eigenvalue weighted by atomic mass is 9.74. The van der Waals surface area contributed by atoms with Gasteiger partial charge < -0.3 is 10.1 Å². The topological polar surface area (TPSA) is 21.3 Å². The van der Waals surface area contributed by atoms with Gasteiger partial charge in [-0.2, -0.15) is 0 Å². The minimum Gasteiger partial charge on any atom is -0.376 e. The van der Waals surface area contributed by atoms with Crippen molar-refractivity contribution in [2.24, 2.45) is 0 Å². The largest absolute Gasteiger partial charge is 0.376 e. The van der Waals surface area contributed by atoms with Gasteiger partial charge in [0.2, 0.25) is 0 Å². The highest BCUT2D eigenvalue weighted by atomic mass is 35.5. The van der Waals surface area contributed by atoms with E-state index in [1.807, 2.05) is 6.07 Å². The number of ether oxygens (including phenoxy) is 1. The summed E-state index contributed by atoms with van der Waals surface area (Å²) in [5, 5.41) is 3.46. The summed E-state index contributed by atoms with van der Waals surface area (Å²) >= 11 is 5.91. The van der Waals surface area contributed by atoms with Crippen molar-refractivity contribution < 1.29 is 4.74 Å². The fourth-order valence-electron chi connectivity index (χ4n) is 3.38. The molecule has 0 radical (unpaired) electrons. The van der Waals surface area contributed by atoms with E-state index in [1.54, 1.807) is 0 Å². The van der Waals surface area contributed by atoms with Crippen molar-refractivity contribution in [1.29, 1.82) is 0 Å². The summed E-state index contributed by atoms with van der Waals surface area (Å²) in [5.41, 5.74) is 3.88. The van der Waals surface area contributed by atoms with Crippen molar-refractivity contribution in [2.45, 2.75) is 30.7 Å². The highest BCUT2D eigenvalue weighted by Gasteiger charge is 2.34. The zero-order valence-electron chi connectivity index (χ0n) is 13.4. The molecule has 1 aliphatic rings. The molecule has 1 saturated heterocycles. The van der Waals surface area contributed by atoms with Crippen LogP contribution < -0.4 is 5.32 Å². The van der Waals surface area contributed by atoms with Crippen LogP contribution in [0, 0.1) is 0 Å². The fraction of sp³-hybridized carbons (Fsp3) is 0.400. The van der Waals surface area contributed by atoms with Crippen LogP contribution in [0.15, 0.2) is 54.6 Å². The van der Waals surface area contributed by atoms with Gasteiger partial charge in [0.25, 0.3) is 0 Å². The number of rotatable bonds is 6. The van der Waals surface area contributed by atoms with E-state index in [2.05, 4.69) is 53.8 Å². The van der Waals surface area contributed by atoms with Gasteiger partial charge >= 0.3 is 0 Å². The van der Waals surface area contributed by atoms with Gasteiger partial charge in [-0.1, -0.05) is 54.6 Å². The molecule has 2 nitrogen and oxygen atoms in total. The Morgan fingerprint density at radius 1 is 0.957 bits per heavy atom. The zero-order valence-corrected chi connectivity index (χ0v) is 14.2. The molecule has 1 fully saturated rings. The molecular weight excluding hydrogens is 306 g/mol. The lowest BCUT2D eigenvalue weighted by molar-refractivity contribution is 0.0565. The van der Waals surface area contributed by atoms with Gasteiger partial charge in [0.15, 0.2) is 0 Å². The van der Waals surface area contributed by atoms with E-state index < -0.39 is 0 Å². The van der Waals surface area contributed by atoms with Gasteiger partial charge in [-0.3, -0.25) is 0 Å². The zero-order chi connectivity index (χ0) is 16.0. The summed E-state index contributed by atoms with van der Waals surface area (Å²) in [5.74, 6) is 0.549. The lowest BCUT2D eigenvalue weighted by Gasteiger charge is -2.38. The molecule has 0 aliphatic carbocycles. The maximum Gasteiger partial charge on any atom is 0.0717 e. The maximum absolute atomic E-state index is 6.15. The van der Waals surface area contributed by atoms with Gasteiger partial charge in [0.05, 0.1) is 13.2 Å². The highest BCUT2D eigenvalue weighted by molar-refractivity contribution is 6.17. The molecule has 0 saturated carbocycles. The molecule has 0 aromatic heterocycles. The SMILES string of the molecule is ClCc1cccc(COCC2(c3ccccc3)CCNCC2)c1. The Labute approximate surface area is 143 Å². The van der Waals surface area contributed by atoms with Crippen LogP contribution in [0.25, 0.3) is 0 Å². The van der Waals surface area contributed by atoms with Crippen LogP contribution >= 0.6 is 11.6 Å². The number of halogens is 1. The number of nitrogens with one attached hydrogen (secondary N) is 1. The van der Waals surface area contributed by atoms with Crippen LogP contribution in [-0.4, -0.2) is 19.7 Å². The third-order valence-corrected chi connectivity index (χ3v) is 5.05. The first-order chi connectivity index (χ1) is 11.3. The summed E-state index contributed by atoms with van der Waals surface area (Å²) in [6.07, 6.45) is 2.25. The Bertz CT molecular complexity index is 608. The predicted molar refractivity (Wildman–Crippen MR) is 95.9 cm³/mol. The van der Waals surface area contributed by atoms with Gasteiger partial charge in [0.1, 0.15) is 0 Å². The third kappa shape index (κ3) is 4.14. The van der Waals surface area contributed by atoms with E-state index in [4.69, 9.17) is 16.3 Å². The summed E-state index contributed by atoms with van der Waals surface area (Å²) in [6, 6.07) is 19.1. The molecular formula is C20H24ClNO. The van der Waals surface area contributed by atoms with E-state index in [1.165, 1.54) is 11.1 Å². The molecule has 0 amide bonds. The minimum absolute atomic E-state index is 0.136. The van der Waals surface area contributed by atoms with Crippen molar-refractivity contribution in [2.75, 3.05) is 19.7 Å². The normalized spacial score (nSPS) is 17.1. The maximum atomic E-state index is 6.15. The molecule has 0 bridgehead atoms. The fourth-order valence-corrected chi connectivity index (χ4v) is 3.55. The lowest BCUT2D eigenvalue weighted by Crippen LogP contribution is -2.43. The quantitative estimate of drug-likeness (QED) is 0.799. The second kappa shape index (κ2) is 7.96. The number of alkyl halides is 1. The van der Waals surface area contributed by atoms with Crippen molar-refractivity contribution >= 4 is 11.6 Å².